The van der Waals surface area contributed by atoms with E-state index in [-0.39, 0.29) is 18.1 Å². The van der Waals surface area contributed by atoms with E-state index in [1.807, 2.05) is 45.0 Å². The second-order valence-corrected chi connectivity index (χ2v) is 7.54. The fourth-order valence-corrected chi connectivity index (χ4v) is 3.23. The number of halogens is 1. The number of nitrogens with one attached hydrogen (secondary N) is 2. The molecule has 0 saturated carbocycles. The van der Waals surface area contributed by atoms with Crippen LogP contribution in [0.25, 0.3) is 5.82 Å². The number of anilines is 3. The molecule has 4 rings (SSSR count). The fourth-order valence-electron chi connectivity index (χ4n) is 3.23. The van der Waals surface area contributed by atoms with Crippen molar-refractivity contribution in [3.63, 3.8) is 0 Å². The normalized spacial score (nSPS) is 10.8. The van der Waals surface area contributed by atoms with Gasteiger partial charge in [0.05, 0.1) is 12.1 Å². The molecule has 0 unspecified atom stereocenters. The molecule has 8 heteroatoms. The Balaban J connectivity index is 1.36. The van der Waals surface area contributed by atoms with Gasteiger partial charge in [-0.05, 0) is 80.4 Å². The molecule has 162 valence electrons. The molecule has 2 aromatic carbocycles. The van der Waals surface area contributed by atoms with Crippen molar-refractivity contribution in [2.75, 3.05) is 10.6 Å². The van der Waals surface area contributed by atoms with E-state index in [0.29, 0.717) is 17.3 Å². The third-order valence-corrected chi connectivity index (χ3v) is 5.24. The number of nitrogens with zero attached hydrogens (tertiary/aromatic N) is 4. The van der Waals surface area contributed by atoms with Gasteiger partial charge in [-0.2, -0.15) is 5.10 Å². The van der Waals surface area contributed by atoms with Gasteiger partial charge in [0, 0.05) is 17.1 Å². The van der Waals surface area contributed by atoms with Crippen LogP contribution in [-0.4, -0.2) is 25.9 Å². The van der Waals surface area contributed by atoms with Crippen LogP contribution in [-0.2, 0) is 11.2 Å². The lowest BCUT2D eigenvalue weighted by molar-refractivity contribution is -0.115. The van der Waals surface area contributed by atoms with Crippen molar-refractivity contribution in [3.05, 3.63) is 89.0 Å². The number of amides is 1. The summed E-state index contributed by atoms with van der Waals surface area (Å²) in [5.41, 5.74) is 5.37. The van der Waals surface area contributed by atoms with Crippen molar-refractivity contribution in [1.29, 1.82) is 0 Å². The van der Waals surface area contributed by atoms with Gasteiger partial charge in [-0.3, -0.25) is 4.79 Å². The van der Waals surface area contributed by atoms with Crippen molar-refractivity contribution < 1.29 is 9.18 Å². The van der Waals surface area contributed by atoms with E-state index in [1.54, 1.807) is 28.9 Å². The van der Waals surface area contributed by atoms with Crippen molar-refractivity contribution in [2.24, 2.45) is 0 Å². The molecule has 0 spiro atoms. The maximum atomic E-state index is 13.0. The molecule has 2 heterocycles. The van der Waals surface area contributed by atoms with Gasteiger partial charge in [0.15, 0.2) is 11.6 Å². The lowest BCUT2D eigenvalue weighted by Crippen LogP contribution is -2.14. The van der Waals surface area contributed by atoms with Gasteiger partial charge in [0.2, 0.25) is 5.91 Å². The summed E-state index contributed by atoms with van der Waals surface area (Å²) in [4.78, 5) is 12.2. The minimum atomic E-state index is -0.321. The zero-order chi connectivity index (χ0) is 22.7. The molecule has 0 aliphatic heterocycles. The maximum Gasteiger partial charge on any atom is 0.228 e. The third-order valence-electron chi connectivity index (χ3n) is 5.24. The monoisotopic (exact) mass is 430 g/mol. The van der Waals surface area contributed by atoms with E-state index >= 15 is 0 Å². The van der Waals surface area contributed by atoms with E-state index in [1.165, 1.54) is 12.1 Å². The van der Waals surface area contributed by atoms with Crippen LogP contribution in [0.2, 0.25) is 0 Å². The Kier molecular flexibility index (Phi) is 5.93. The zero-order valence-electron chi connectivity index (χ0n) is 18.1. The third kappa shape index (κ3) is 4.80. The predicted octanol–water partition coefficient (Wildman–Crippen LogP) is 4.65. The SMILES string of the molecule is Cc1nn(-c2ccc(Nc3ccc(NC(=O)Cc4ccc(F)cc4)cc3)nn2)c(C)c1C. The lowest BCUT2D eigenvalue weighted by Gasteiger charge is -2.09. The molecule has 2 N–H and O–H groups in total. The summed E-state index contributed by atoms with van der Waals surface area (Å²) in [6, 6.07) is 16.9. The van der Waals surface area contributed by atoms with Crippen LogP contribution in [0, 0.1) is 26.6 Å². The second kappa shape index (κ2) is 8.97. The number of carbonyl (C=O) groups is 1. The van der Waals surface area contributed by atoms with Crippen LogP contribution in [0.5, 0.6) is 0 Å². The first kappa shape index (κ1) is 21.2. The van der Waals surface area contributed by atoms with Crippen molar-refractivity contribution in [2.45, 2.75) is 27.2 Å². The first-order chi connectivity index (χ1) is 15.4. The molecule has 1 amide bonds. The molecule has 0 fully saturated rings. The Bertz CT molecular complexity index is 1230. The summed E-state index contributed by atoms with van der Waals surface area (Å²) in [7, 11) is 0. The summed E-state index contributed by atoms with van der Waals surface area (Å²) in [6.45, 7) is 6.01. The minimum Gasteiger partial charge on any atom is -0.339 e. The Labute approximate surface area is 185 Å². The Morgan fingerprint density at radius 3 is 2.19 bits per heavy atom. The highest BCUT2D eigenvalue weighted by molar-refractivity contribution is 5.92. The first-order valence-corrected chi connectivity index (χ1v) is 10.2. The number of aromatic nitrogens is 4. The van der Waals surface area contributed by atoms with Crippen LogP contribution in [0.15, 0.2) is 60.7 Å². The second-order valence-electron chi connectivity index (χ2n) is 7.54. The minimum absolute atomic E-state index is 0.168. The van der Waals surface area contributed by atoms with E-state index in [0.717, 1.165) is 28.2 Å². The number of carbonyl (C=O) groups excluding carboxylic acids is 1. The molecular weight excluding hydrogens is 407 g/mol. The summed E-state index contributed by atoms with van der Waals surface area (Å²) >= 11 is 0. The van der Waals surface area contributed by atoms with Crippen LogP contribution < -0.4 is 10.6 Å². The number of benzene rings is 2. The summed E-state index contributed by atoms with van der Waals surface area (Å²) in [5.74, 6) is 0.764. The van der Waals surface area contributed by atoms with Crippen LogP contribution >= 0.6 is 0 Å². The van der Waals surface area contributed by atoms with Crippen molar-refractivity contribution >= 4 is 23.1 Å². The molecule has 7 nitrogen and oxygen atoms in total. The molecular formula is C24H23FN6O. The van der Waals surface area contributed by atoms with Gasteiger partial charge in [-0.1, -0.05) is 12.1 Å². The molecule has 0 radical (unpaired) electrons. The fraction of sp³-hybridized carbons (Fsp3) is 0.167. The van der Waals surface area contributed by atoms with Gasteiger partial charge >= 0.3 is 0 Å². The van der Waals surface area contributed by atoms with Gasteiger partial charge in [-0.15, -0.1) is 10.2 Å². The number of hydrogen-bond donors (Lipinski definition) is 2. The Hall–Kier alpha value is -4.07. The number of hydrogen-bond acceptors (Lipinski definition) is 5. The lowest BCUT2D eigenvalue weighted by atomic mass is 10.1. The average Bonchev–Trinajstić information content (AvgIpc) is 3.04. The van der Waals surface area contributed by atoms with Crippen molar-refractivity contribution in [3.8, 4) is 5.82 Å². The molecule has 32 heavy (non-hydrogen) atoms. The number of rotatable bonds is 6. The molecule has 0 atom stereocenters. The molecule has 4 aromatic rings. The quantitative estimate of drug-likeness (QED) is 0.465. The molecule has 0 aliphatic carbocycles. The zero-order valence-corrected chi connectivity index (χ0v) is 18.1. The van der Waals surface area contributed by atoms with Crippen LogP contribution in [0.1, 0.15) is 22.5 Å². The number of aryl methyl sites for hydroxylation is 1. The summed E-state index contributed by atoms with van der Waals surface area (Å²) in [5, 5.41) is 19.0. The van der Waals surface area contributed by atoms with Gasteiger partial charge in [0.25, 0.3) is 0 Å². The topological polar surface area (TPSA) is 84.7 Å². The summed E-state index contributed by atoms with van der Waals surface area (Å²) < 4.78 is 14.8. The van der Waals surface area contributed by atoms with E-state index in [9.17, 15) is 9.18 Å². The standard InChI is InChI=1S/C24H23FN6O/c1-15-16(2)30-31(17(15)3)23-13-12-22(28-29-23)26-20-8-10-21(11-9-20)27-24(32)14-18-4-6-19(25)7-5-18/h4-13H,14H2,1-3H3,(H,26,28)(H,27,32). The molecule has 2 aromatic heterocycles. The first-order valence-electron chi connectivity index (χ1n) is 10.2. The Morgan fingerprint density at radius 1 is 0.906 bits per heavy atom. The van der Waals surface area contributed by atoms with Crippen LogP contribution in [0.4, 0.5) is 21.6 Å². The van der Waals surface area contributed by atoms with Crippen molar-refractivity contribution in [1.82, 2.24) is 20.0 Å². The van der Waals surface area contributed by atoms with Gasteiger partial charge in [0.1, 0.15) is 5.82 Å². The van der Waals surface area contributed by atoms with E-state index in [4.69, 9.17) is 0 Å². The Morgan fingerprint density at radius 2 is 1.59 bits per heavy atom. The highest BCUT2D eigenvalue weighted by atomic mass is 19.1. The highest BCUT2D eigenvalue weighted by Gasteiger charge is 2.10. The van der Waals surface area contributed by atoms with Crippen LogP contribution in [0.3, 0.4) is 0 Å². The highest BCUT2D eigenvalue weighted by Crippen LogP contribution is 2.19. The molecule has 0 aliphatic rings. The average molecular weight is 430 g/mol. The summed E-state index contributed by atoms with van der Waals surface area (Å²) in [6.07, 6.45) is 0.178. The molecule has 0 saturated heterocycles. The van der Waals surface area contributed by atoms with Gasteiger partial charge < -0.3 is 10.6 Å². The van der Waals surface area contributed by atoms with E-state index < -0.39 is 0 Å². The predicted molar refractivity (Wildman–Crippen MR) is 122 cm³/mol. The maximum absolute atomic E-state index is 13.0. The molecule has 0 bridgehead atoms. The smallest absolute Gasteiger partial charge is 0.228 e. The largest absolute Gasteiger partial charge is 0.339 e. The van der Waals surface area contributed by atoms with E-state index in [2.05, 4.69) is 25.9 Å². The van der Waals surface area contributed by atoms with Gasteiger partial charge in [-0.25, -0.2) is 9.07 Å².